The smallest absolute Gasteiger partial charge is 0.331 e. The zero-order chi connectivity index (χ0) is 15.6. The molecule has 4 N–H and O–H groups in total. The summed E-state index contributed by atoms with van der Waals surface area (Å²) in [5.41, 5.74) is -0.450. The summed E-state index contributed by atoms with van der Waals surface area (Å²) in [4.78, 5) is 13.8. The third-order valence-corrected chi connectivity index (χ3v) is 3.02. The van der Waals surface area contributed by atoms with E-state index in [2.05, 4.69) is 4.98 Å². The molecule has 1 aromatic rings. The summed E-state index contributed by atoms with van der Waals surface area (Å²) in [7, 11) is 0. The highest BCUT2D eigenvalue weighted by molar-refractivity contribution is 5.39. The Labute approximate surface area is 118 Å². The van der Waals surface area contributed by atoms with Crippen molar-refractivity contribution < 1.29 is 34.8 Å². The van der Waals surface area contributed by atoms with Crippen LogP contribution in [0.15, 0.2) is 18.3 Å². The third-order valence-electron chi connectivity index (χ3n) is 3.02. The minimum atomic E-state index is -1.66. The number of aliphatic hydroxyl groups is 4. The molecule has 0 spiro atoms. The molecule has 1 aromatic heterocycles. The molecule has 1 fully saturated rings. The fourth-order valence-corrected chi connectivity index (χ4v) is 1.89. The van der Waals surface area contributed by atoms with Gasteiger partial charge in [-0.2, -0.15) is 0 Å². The van der Waals surface area contributed by atoms with E-state index in [1.165, 1.54) is 12.3 Å². The lowest BCUT2D eigenvalue weighted by molar-refractivity contribution is -0.387. The molecule has 0 saturated carbocycles. The van der Waals surface area contributed by atoms with Crippen LogP contribution in [0.3, 0.4) is 0 Å². The Bertz CT molecular complexity index is 511. The summed E-state index contributed by atoms with van der Waals surface area (Å²) in [6, 6.07) is 2.48. The van der Waals surface area contributed by atoms with E-state index in [4.69, 9.17) is 14.6 Å². The fraction of sp³-hybridized carbons (Fsp3) is 0.545. The highest BCUT2D eigenvalue weighted by Gasteiger charge is 2.45. The molecule has 21 heavy (non-hydrogen) atoms. The predicted octanol–water partition coefficient (Wildman–Crippen LogP) is -1.83. The van der Waals surface area contributed by atoms with Crippen LogP contribution >= 0.6 is 0 Å². The van der Waals surface area contributed by atoms with Crippen LogP contribution in [-0.4, -0.2) is 67.6 Å². The monoisotopic (exact) mass is 302 g/mol. The maximum absolute atomic E-state index is 10.8. The number of hydrogen-bond acceptors (Lipinski definition) is 9. The minimum Gasteiger partial charge on any atom is -0.440 e. The van der Waals surface area contributed by atoms with Gasteiger partial charge in [0, 0.05) is 12.3 Å². The average molecular weight is 302 g/mol. The zero-order valence-electron chi connectivity index (χ0n) is 10.6. The molecule has 0 radical (unpaired) electrons. The van der Waals surface area contributed by atoms with Gasteiger partial charge in [-0.3, -0.25) is 10.1 Å². The number of pyridine rings is 1. The van der Waals surface area contributed by atoms with Crippen LogP contribution in [0, 0.1) is 10.1 Å². The number of aromatic nitrogens is 1. The van der Waals surface area contributed by atoms with E-state index in [1.807, 2.05) is 0 Å². The molecule has 10 heteroatoms. The molecule has 10 nitrogen and oxygen atoms in total. The normalized spacial score (nSPS) is 32.7. The Hall–Kier alpha value is -1.85. The third kappa shape index (κ3) is 3.09. The number of hydrogen-bond donors (Lipinski definition) is 4. The van der Waals surface area contributed by atoms with E-state index in [9.17, 15) is 25.4 Å². The van der Waals surface area contributed by atoms with Gasteiger partial charge >= 0.3 is 5.69 Å². The number of nitro groups is 1. The van der Waals surface area contributed by atoms with Gasteiger partial charge < -0.3 is 29.9 Å². The van der Waals surface area contributed by atoms with Gasteiger partial charge in [-0.1, -0.05) is 0 Å². The van der Waals surface area contributed by atoms with Crippen molar-refractivity contribution >= 4 is 5.69 Å². The Morgan fingerprint density at radius 3 is 2.67 bits per heavy atom. The number of rotatable bonds is 4. The van der Waals surface area contributed by atoms with Crippen molar-refractivity contribution in [2.45, 2.75) is 30.7 Å². The SMILES string of the molecule is O=[N+]([O-])c1cccnc1O[C@@H]1O[C@H](CO)[C@H](O)[C@H](O)[C@H]1O. The zero-order valence-corrected chi connectivity index (χ0v) is 10.6. The molecular formula is C11H14N2O8. The topological polar surface area (TPSA) is 155 Å². The standard InChI is InChI=1S/C11H14N2O8/c14-4-6-7(15)8(16)9(17)11(20-6)21-10-5(13(18)19)2-1-3-12-10/h1-3,6-9,11,14-17H,4H2/t6-,7+,8+,9-,11+/m1/s1. The van der Waals surface area contributed by atoms with Gasteiger partial charge in [-0.25, -0.2) is 4.98 Å². The van der Waals surface area contributed by atoms with E-state index in [1.54, 1.807) is 0 Å². The Morgan fingerprint density at radius 1 is 1.33 bits per heavy atom. The van der Waals surface area contributed by atoms with Crippen LogP contribution in [0.4, 0.5) is 5.69 Å². The summed E-state index contributed by atoms with van der Waals surface area (Å²) in [6.07, 6.45) is -6.28. The first-order valence-corrected chi connectivity index (χ1v) is 6.02. The highest BCUT2D eigenvalue weighted by Crippen LogP contribution is 2.28. The Morgan fingerprint density at radius 2 is 2.05 bits per heavy atom. The summed E-state index contributed by atoms with van der Waals surface area (Å²) in [6.45, 7) is -0.630. The van der Waals surface area contributed by atoms with E-state index < -0.39 is 53.8 Å². The molecule has 0 aliphatic carbocycles. The molecule has 1 saturated heterocycles. The first-order valence-electron chi connectivity index (χ1n) is 6.02. The summed E-state index contributed by atoms with van der Waals surface area (Å²) >= 11 is 0. The number of nitrogens with zero attached hydrogens (tertiary/aromatic N) is 2. The molecule has 116 valence electrons. The van der Waals surface area contributed by atoms with Crippen LogP contribution in [0.5, 0.6) is 5.88 Å². The van der Waals surface area contributed by atoms with E-state index in [-0.39, 0.29) is 0 Å². The predicted molar refractivity (Wildman–Crippen MR) is 65.3 cm³/mol. The molecule has 1 aliphatic rings. The summed E-state index contributed by atoms with van der Waals surface area (Å²) < 4.78 is 10.2. The van der Waals surface area contributed by atoms with Gasteiger partial charge in [0.1, 0.15) is 24.4 Å². The summed E-state index contributed by atoms with van der Waals surface area (Å²) in [5, 5.41) is 48.9. The van der Waals surface area contributed by atoms with Crippen LogP contribution < -0.4 is 4.74 Å². The van der Waals surface area contributed by atoms with Crippen molar-refractivity contribution in [2.24, 2.45) is 0 Å². The lowest BCUT2D eigenvalue weighted by atomic mass is 9.99. The van der Waals surface area contributed by atoms with Gasteiger partial charge in [-0.05, 0) is 6.07 Å². The second-order valence-corrected chi connectivity index (χ2v) is 4.40. The van der Waals surface area contributed by atoms with Gasteiger partial charge in [0.2, 0.25) is 6.29 Å². The lowest BCUT2D eigenvalue weighted by Gasteiger charge is -2.39. The second kappa shape index (κ2) is 6.28. The largest absolute Gasteiger partial charge is 0.440 e. The molecule has 5 atom stereocenters. The molecule has 0 amide bonds. The molecule has 2 rings (SSSR count). The molecule has 2 heterocycles. The van der Waals surface area contributed by atoms with Gasteiger partial charge in [0.05, 0.1) is 11.5 Å². The van der Waals surface area contributed by atoms with Crippen molar-refractivity contribution in [1.82, 2.24) is 4.98 Å². The Kier molecular flexibility index (Phi) is 4.65. The number of ether oxygens (including phenoxy) is 2. The summed E-state index contributed by atoms with van der Waals surface area (Å²) in [5.74, 6) is -0.410. The number of aliphatic hydroxyl groups excluding tert-OH is 4. The fourth-order valence-electron chi connectivity index (χ4n) is 1.89. The van der Waals surface area contributed by atoms with Crippen LogP contribution in [-0.2, 0) is 4.74 Å². The van der Waals surface area contributed by atoms with Crippen LogP contribution in [0.2, 0.25) is 0 Å². The molecule has 0 aromatic carbocycles. The second-order valence-electron chi connectivity index (χ2n) is 4.40. The lowest BCUT2D eigenvalue weighted by Crippen LogP contribution is -2.60. The van der Waals surface area contributed by atoms with Crippen molar-refractivity contribution in [2.75, 3.05) is 6.61 Å². The molecule has 1 aliphatic heterocycles. The highest BCUT2D eigenvalue weighted by atomic mass is 16.7. The van der Waals surface area contributed by atoms with E-state index >= 15 is 0 Å². The Balaban J connectivity index is 2.20. The van der Waals surface area contributed by atoms with Crippen molar-refractivity contribution in [3.8, 4) is 5.88 Å². The maximum atomic E-state index is 10.8. The van der Waals surface area contributed by atoms with Crippen molar-refractivity contribution in [3.05, 3.63) is 28.4 Å². The minimum absolute atomic E-state index is 0.410. The first-order chi connectivity index (χ1) is 9.95. The maximum Gasteiger partial charge on any atom is 0.331 e. The average Bonchev–Trinajstić information content (AvgIpc) is 2.48. The van der Waals surface area contributed by atoms with E-state index in [0.717, 1.165) is 6.07 Å². The quantitative estimate of drug-likeness (QED) is 0.371. The van der Waals surface area contributed by atoms with Gasteiger partial charge in [-0.15, -0.1) is 0 Å². The van der Waals surface area contributed by atoms with Crippen molar-refractivity contribution in [1.29, 1.82) is 0 Å². The van der Waals surface area contributed by atoms with E-state index in [0.29, 0.717) is 0 Å². The van der Waals surface area contributed by atoms with Crippen LogP contribution in [0.1, 0.15) is 0 Å². The molecular weight excluding hydrogens is 288 g/mol. The van der Waals surface area contributed by atoms with Gasteiger partial charge in [0.25, 0.3) is 5.88 Å². The first kappa shape index (κ1) is 15.5. The van der Waals surface area contributed by atoms with Crippen LogP contribution in [0.25, 0.3) is 0 Å². The molecule has 0 unspecified atom stereocenters. The van der Waals surface area contributed by atoms with Gasteiger partial charge in [0.15, 0.2) is 0 Å². The van der Waals surface area contributed by atoms with Crippen molar-refractivity contribution in [3.63, 3.8) is 0 Å². The molecule has 0 bridgehead atoms.